The Labute approximate surface area is 99.9 Å². The molecule has 0 aliphatic heterocycles. The van der Waals surface area contributed by atoms with E-state index in [0.29, 0.717) is 11.4 Å². The number of pyridine rings is 1. The molecule has 1 aromatic heterocycles. The third kappa shape index (κ3) is 3.04. The highest BCUT2D eigenvalue weighted by molar-refractivity contribution is 6.15. The van der Waals surface area contributed by atoms with Crippen molar-refractivity contribution in [3.05, 3.63) is 35.8 Å². The van der Waals surface area contributed by atoms with Gasteiger partial charge in [-0.3, -0.25) is 0 Å². The second-order valence-corrected chi connectivity index (χ2v) is 4.04. The highest BCUT2D eigenvalue weighted by atomic mass is 16.5. The first kappa shape index (κ1) is 13.2. The van der Waals surface area contributed by atoms with Gasteiger partial charge >= 0.3 is 5.97 Å². The number of carbonyl (C=O) groups excluding carboxylic acids is 1. The minimum absolute atomic E-state index is 0.165. The van der Waals surface area contributed by atoms with E-state index in [0.717, 1.165) is 6.20 Å². The number of hydrogen-bond donors (Lipinski definition) is 2. The maximum Gasteiger partial charge on any atom is 0.341 e. The number of methoxy groups -OCH3 is 1. The molecule has 5 heteroatoms. The van der Waals surface area contributed by atoms with Crippen molar-refractivity contribution in [2.75, 3.05) is 7.11 Å². The lowest BCUT2D eigenvalue weighted by atomic mass is 10.0. The summed E-state index contributed by atoms with van der Waals surface area (Å²) in [7, 11) is 1.27. The maximum absolute atomic E-state index is 11.4. The van der Waals surface area contributed by atoms with Gasteiger partial charge < -0.3 is 15.6 Å². The van der Waals surface area contributed by atoms with Crippen molar-refractivity contribution >= 4 is 11.5 Å². The predicted octanol–water partition coefficient (Wildman–Crippen LogP) is 0.782. The van der Waals surface area contributed by atoms with Gasteiger partial charge in [0.25, 0.3) is 0 Å². The van der Waals surface area contributed by atoms with Crippen LogP contribution in [0.1, 0.15) is 25.2 Å². The van der Waals surface area contributed by atoms with Gasteiger partial charge in [0.15, 0.2) is 0 Å². The van der Waals surface area contributed by atoms with Gasteiger partial charge in [-0.15, -0.1) is 0 Å². The summed E-state index contributed by atoms with van der Waals surface area (Å²) < 4.78 is 4.59. The molecule has 1 heterocycles. The summed E-state index contributed by atoms with van der Waals surface area (Å²) in [5, 5.41) is 9.83. The van der Waals surface area contributed by atoms with E-state index in [4.69, 9.17) is 5.73 Å². The second kappa shape index (κ2) is 4.97. The molecule has 0 fully saturated rings. The summed E-state index contributed by atoms with van der Waals surface area (Å²) in [5.74, 6) is -0.562. The van der Waals surface area contributed by atoms with E-state index in [-0.39, 0.29) is 5.57 Å². The molecule has 17 heavy (non-hydrogen) atoms. The molecule has 0 saturated heterocycles. The predicted molar refractivity (Wildman–Crippen MR) is 63.7 cm³/mol. The van der Waals surface area contributed by atoms with E-state index in [1.807, 2.05) is 0 Å². The number of nitrogens with zero attached hydrogens (tertiary/aromatic N) is 1. The average Bonchev–Trinajstić information content (AvgIpc) is 2.29. The number of esters is 1. The highest BCUT2D eigenvalue weighted by Gasteiger charge is 2.20. The lowest BCUT2D eigenvalue weighted by Gasteiger charge is -2.17. The van der Waals surface area contributed by atoms with Gasteiger partial charge in [-0.2, -0.15) is 0 Å². The van der Waals surface area contributed by atoms with E-state index >= 15 is 0 Å². The van der Waals surface area contributed by atoms with E-state index in [1.165, 1.54) is 7.11 Å². The van der Waals surface area contributed by atoms with Crippen LogP contribution in [-0.2, 0) is 15.1 Å². The molecule has 0 radical (unpaired) electrons. The minimum atomic E-state index is -1.08. The third-order valence-corrected chi connectivity index (χ3v) is 2.22. The van der Waals surface area contributed by atoms with Gasteiger partial charge in [0, 0.05) is 6.20 Å². The van der Waals surface area contributed by atoms with E-state index in [2.05, 4.69) is 9.72 Å². The topological polar surface area (TPSA) is 85.4 Å². The second-order valence-electron chi connectivity index (χ2n) is 4.04. The molecule has 0 aliphatic carbocycles. The Morgan fingerprint density at radius 1 is 1.53 bits per heavy atom. The van der Waals surface area contributed by atoms with Gasteiger partial charge in [-0.05, 0) is 26.0 Å². The molecule has 0 unspecified atom stereocenters. The first-order chi connectivity index (χ1) is 7.90. The molecule has 0 atom stereocenters. The molecule has 92 valence electrons. The number of aliphatic hydroxyl groups is 1. The van der Waals surface area contributed by atoms with Crippen molar-refractivity contribution < 1.29 is 14.6 Å². The number of hydrogen-bond acceptors (Lipinski definition) is 5. The lowest BCUT2D eigenvalue weighted by Crippen LogP contribution is -2.18. The van der Waals surface area contributed by atoms with Gasteiger partial charge in [0.1, 0.15) is 11.2 Å². The first-order valence-corrected chi connectivity index (χ1v) is 5.10. The Hall–Kier alpha value is -1.88. The molecular weight excluding hydrogens is 220 g/mol. The van der Waals surface area contributed by atoms with Crippen LogP contribution in [0, 0.1) is 0 Å². The summed E-state index contributed by atoms with van der Waals surface area (Å²) in [6.07, 6.45) is 1.14. The monoisotopic (exact) mass is 236 g/mol. The van der Waals surface area contributed by atoms with Crippen LogP contribution in [0.2, 0.25) is 0 Å². The molecule has 0 aromatic carbocycles. The molecule has 5 nitrogen and oxygen atoms in total. The van der Waals surface area contributed by atoms with Crippen molar-refractivity contribution in [2.24, 2.45) is 5.73 Å². The molecule has 0 aliphatic rings. The molecule has 0 saturated carbocycles. The maximum atomic E-state index is 11.4. The quantitative estimate of drug-likeness (QED) is 0.598. The van der Waals surface area contributed by atoms with Gasteiger partial charge in [-0.1, -0.05) is 6.07 Å². The number of ether oxygens (including phenoxy) is 1. The number of rotatable bonds is 3. The van der Waals surface area contributed by atoms with Crippen LogP contribution in [0.15, 0.2) is 24.4 Å². The molecule has 0 bridgehead atoms. The highest BCUT2D eigenvalue weighted by Crippen LogP contribution is 2.20. The SMILES string of the molecule is COC(=O)/C(=C/N)c1cccc(C(C)(C)O)n1. The summed E-state index contributed by atoms with van der Waals surface area (Å²) in [4.78, 5) is 15.6. The zero-order valence-corrected chi connectivity index (χ0v) is 10.1. The van der Waals surface area contributed by atoms with Crippen molar-refractivity contribution in [2.45, 2.75) is 19.4 Å². The van der Waals surface area contributed by atoms with Crippen LogP contribution >= 0.6 is 0 Å². The van der Waals surface area contributed by atoms with E-state index in [9.17, 15) is 9.90 Å². The van der Waals surface area contributed by atoms with Gasteiger partial charge in [0.2, 0.25) is 0 Å². The van der Waals surface area contributed by atoms with Crippen LogP contribution in [0.5, 0.6) is 0 Å². The molecule has 0 spiro atoms. The summed E-state index contributed by atoms with van der Waals surface area (Å²) in [6, 6.07) is 5.00. The zero-order valence-electron chi connectivity index (χ0n) is 10.1. The van der Waals surface area contributed by atoms with E-state index < -0.39 is 11.6 Å². The number of nitrogens with two attached hydrogens (primary N) is 1. The van der Waals surface area contributed by atoms with Crippen molar-refractivity contribution in [3.8, 4) is 0 Å². The summed E-state index contributed by atoms with van der Waals surface area (Å²) in [6.45, 7) is 3.23. The van der Waals surface area contributed by atoms with Crippen LogP contribution < -0.4 is 5.73 Å². The molecule has 0 amide bonds. The molecule has 1 rings (SSSR count). The van der Waals surface area contributed by atoms with Crippen molar-refractivity contribution in [1.29, 1.82) is 0 Å². The lowest BCUT2D eigenvalue weighted by molar-refractivity contribution is -0.133. The Bertz CT molecular complexity index is 447. The average molecular weight is 236 g/mol. The number of carbonyl (C=O) groups is 1. The van der Waals surface area contributed by atoms with Crippen LogP contribution in [0.3, 0.4) is 0 Å². The fourth-order valence-corrected chi connectivity index (χ4v) is 1.29. The van der Waals surface area contributed by atoms with Crippen LogP contribution in [-0.4, -0.2) is 23.2 Å². The largest absolute Gasteiger partial charge is 0.465 e. The fraction of sp³-hybridized carbons (Fsp3) is 0.333. The van der Waals surface area contributed by atoms with Crippen molar-refractivity contribution in [3.63, 3.8) is 0 Å². The van der Waals surface area contributed by atoms with E-state index in [1.54, 1.807) is 32.0 Å². The van der Waals surface area contributed by atoms with Gasteiger partial charge in [-0.25, -0.2) is 9.78 Å². The normalized spacial score (nSPS) is 12.4. The van der Waals surface area contributed by atoms with Crippen LogP contribution in [0.4, 0.5) is 0 Å². The summed E-state index contributed by atoms with van der Waals surface area (Å²) in [5.41, 5.74) is 5.29. The Kier molecular flexibility index (Phi) is 3.85. The fourth-order valence-electron chi connectivity index (χ4n) is 1.29. The Morgan fingerprint density at radius 3 is 2.65 bits per heavy atom. The minimum Gasteiger partial charge on any atom is -0.465 e. The smallest absolute Gasteiger partial charge is 0.341 e. The third-order valence-electron chi connectivity index (χ3n) is 2.22. The Balaban J connectivity index is 3.20. The number of aromatic nitrogens is 1. The standard InChI is InChI=1S/C12H16N2O3/c1-12(2,16)10-6-4-5-9(14-10)8(7-13)11(15)17-3/h4-7,16H,13H2,1-3H3/b8-7+. The van der Waals surface area contributed by atoms with Crippen molar-refractivity contribution in [1.82, 2.24) is 4.98 Å². The van der Waals surface area contributed by atoms with Crippen LogP contribution in [0.25, 0.3) is 5.57 Å². The summed E-state index contributed by atoms with van der Waals surface area (Å²) >= 11 is 0. The molecule has 3 N–H and O–H groups in total. The molecular formula is C12H16N2O3. The molecule has 1 aromatic rings. The first-order valence-electron chi connectivity index (χ1n) is 5.10. The zero-order chi connectivity index (χ0) is 13.1. The van der Waals surface area contributed by atoms with Gasteiger partial charge in [0.05, 0.1) is 18.5 Å². The Morgan fingerprint density at radius 2 is 2.18 bits per heavy atom.